The molecule has 4 heteroatoms. The first kappa shape index (κ1) is 13.1. The molecule has 1 rings (SSSR count). The van der Waals surface area contributed by atoms with Crippen LogP contribution in [-0.2, 0) is 20.5 Å². The Labute approximate surface area is 99.0 Å². The van der Waals surface area contributed by atoms with Crippen LogP contribution < -0.4 is 0 Å². The molecule has 1 aromatic carbocycles. The zero-order chi connectivity index (χ0) is 11.8. The van der Waals surface area contributed by atoms with Crippen LogP contribution >= 0.6 is 0 Å². The smallest absolute Gasteiger partial charge is 0.299 e. The van der Waals surface area contributed by atoms with Gasteiger partial charge in [0.1, 0.15) is 0 Å². The fourth-order valence-corrected chi connectivity index (χ4v) is 1.77. The minimum Gasteiger partial charge on any atom is -0.408 e. The topological polar surface area (TPSA) is 27.7 Å². The molecular weight excluding hydrogens is 220 g/mol. The molecule has 0 aromatic heterocycles. The van der Waals surface area contributed by atoms with Crippen molar-refractivity contribution in [3.8, 4) is 0 Å². The van der Waals surface area contributed by atoms with Crippen molar-refractivity contribution in [1.82, 2.24) is 0 Å². The highest BCUT2D eigenvalue weighted by Crippen LogP contribution is 2.07. The van der Waals surface area contributed by atoms with Gasteiger partial charge in [-0.3, -0.25) is 0 Å². The zero-order valence-corrected chi connectivity index (χ0v) is 10.6. The Morgan fingerprint density at radius 1 is 1.38 bits per heavy atom. The second-order valence-electron chi connectivity index (χ2n) is 3.16. The van der Waals surface area contributed by atoms with E-state index in [4.69, 9.17) is 13.9 Å². The molecule has 0 N–H and O–H groups in total. The lowest BCUT2D eigenvalue weighted by Crippen LogP contribution is -2.23. The van der Waals surface area contributed by atoms with Gasteiger partial charge in [-0.1, -0.05) is 30.9 Å². The summed E-state index contributed by atoms with van der Waals surface area (Å²) in [6.07, 6.45) is 1.82. The molecule has 0 aliphatic heterocycles. The standard InChI is InChI=1S/C12H16O3Si/c1-4-10-6-5-7-11(8-10)9-15-16-12(13-2)14-3/h4-8,12H,1,9H2,2-3H3. The van der Waals surface area contributed by atoms with Crippen LogP contribution in [0.5, 0.6) is 0 Å². The molecule has 16 heavy (non-hydrogen) atoms. The Hall–Kier alpha value is -0.943. The largest absolute Gasteiger partial charge is 0.408 e. The number of hydrogen-bond donors (Lipinski definition) is 0. The molecule has 1 aromatic rings. The van der Waals surface area contributed by atoms with Crippen LogP contribution in [0.2, 0.25) is 0 Å². The Morgan fingerprint density at radius 3 is 2.75 bits per heavy atom. The molecule has 0 saturated carbocycles. The molecule has 0 unspecified atom stereocenters. The predicted octanol–water partition coefficient (Wildman–Crippen LogP) is 2.04. The molecular formula is C12H16O3Si. The van der Waals surface area contributed by atoms with Crippen LogP contribution in [0.15, 0.2) is 30.8 Å². The molecule has 3 nitrogen and oxygen atoms in total. The van der Waals surface area contributed by atoms with E-state index in [1.165, 1.54) is 0 Å². The van der Waals surface area contributed by atoms with Gasteiger partial charge in [-0.05, 0) is 17.2 Å². The number of ether oxygens (including phenoxy) is 2. The maximum Gasteiger partial charge on any atom is 0.299 e. The van der Waals surface area contributed by atoms with Gasteiger partial charge in [0.15, 0.2) is 5.91 Å². The monoisotopic (exact) mass is 236 g/mol. The molecule has 86 valence electrons. The first-order valence-electron chi connectivity index (χ1n) is 4.94. The van der Waals surface area contributed by atoms with Crippen molar-refractivity contribution >= 4 is 15.8 Å². The Balaban J connectivity index is 2.39. The molecule has 0 saturated heterocycles. The minimum absolute atomic E-state index is 0.176. The van der Waals surface area contributed by atoms with Crippen molar-refractivity contribution in [2.75, 3.05) is 14.2 Å². The van der Waals surface area contributed by atoms with Gasteiger partial charge in [-0.2, -0.15) is 0 Å². The third-order valence-electron chi connectivity index (χ3n) is 2.03. The van der Waals surface area contributed by atoms with Crippen LogP contribution in [0.25, 0.3) is 6.08 Å². The van der Waals surface area contributed by atoms with E-state index < -0.39 is 0 Å². The second-order valence-corrected chi connectivity index (χ2v) is 4.15. The van der Waals surface area contributed by atoms with Gasteiger partial charge in [-0.15, -0.1) is 0 Å². The molecule has 0 aliphatic rings. The molecule has 0 fully saturated rings. The lowest BCUT2D eigenvalue weighted by molar-refractivity contribution is -0.0532. The highest BCUT2D eigenvalue weighted by Gasteiger charge is 2.07. The summed E-state index contributed by atoms with van der Waals surface area (Å²) in [6, 6.07) is 8.06. The van der Waals surface area contributed by atoms with E-state index in [9.17, 15) is 0 Å². The van der Waals surface area contributed by atoms with Gasteiger partial charge in [0.05, 0.1) is 6.61 Å². The van der Waals surface area contributed by atoms with Crippen molar-refractivity contribution < 1.29 is 13.9 Å². The molecule has 0 bridgehead atoms. The van der Waals surface area contributed by atoms with E-state index in [0.29, 0.717) is 6.61 Å². The minimum atomic E-state index is -0.275. The summed E-state index contributed by atoms with van der Waals surface area (Å²) < 4.78 is 15.6. The fraction of sp³-hybridized carbons (Fsp3) is 0.333. The quantitative estimate of drug-likeness (QED) is 0.535. The first-order valence-corrected chi connectivity index (χ1v) is 5.93. The van der Waals surface area contributed by atoms with Gasteiger partial charge >= 0.3 is 0 Å². The zero-order valence-electron chi connectivity index (χ0n) is 9.60. The third kappa shape index (κ3) is 4.28. The molecule has 0 amide bonds. The lowest BCUT2D eigenvalue weighted by Gasteiger charge is -2.11. The van der Waals surface area contributed by atoms with Crippen molar-refractivity contribution in [2.45, 2.75) is 12.5 Å². The second kappa shape index (κ2) is 7.35. The average molecular weight is 236 g/mol. The Bertz CT molecular complexity index is 324. The molecule has 0 atom stereocenters. The normalized spacial score (nSPS) is 10.7. The van der Waals surface area contributed by atoms with E-state index >= 15 is 0 Å². The molecule has 0 heterocycles. The summed E-state index contributed by atoms with van der Waals surface area (Å²) in [5.74, 6) is -0.275. The number of methoxy groups -OCH3 is 2. The average Bonchev–Trinajstić information content (AvgIpc) is 2.35. The predicted molar refractivity (Wildman–Crippen MR) is 64.9 cm³/mol. The molecule has 0 aliphatic carbocycles. The van der Waals surface area contributed by atoms with Gasteiger partial charge in [0.25, 0.3) is 9.76 Å². The number of rotatable bonds is 7. The molecule has 0 spiro atoms. The van der Waals surface area contributed by atoms with E-state index in [1.54, 1.807) is 14.2 Å². The van der Waals surface area contributed by atoms with Crippen LogP contribution in [0.3, 0.4) is 0 Å². The third-order valence-corrected chi connectivity index (χ3v) is 3.01. The van der Waals surface area contributed by atoms with Crippen molar-refractivity contribution in [3.63, 3.8) is 0 Å². The SMILES string of the molecule is C=Cc1cccc(CO[Si]C(OC)OC)c1. The summed E-state index contributed by atoms with van der Waals surface area (Å²) in [5.41, 5.74) is 2.22. The Kier molecular flexibility index (Phi) is 6.03. The lowest BCUT2D eigenvalue weighted by atomic mass is 10.1. The van der Waals surface area contributed by atoms with Crippen LogP contribution in [-0.4, -0.2) is 29.9 Å². The number of hydrogen-bond acceptors (Lipinski definition) is 3. The highest BCUT2D eigenvalue weighted by atomic mass is 28.2. The number of benzene rings is 1. The summed E-state index contributed by atoms with van der Waals surface area (Å²) in [7, 11) is 3.38. The fourth-order valence-electron chi connectivity index (χ4n) is 1.20. The summed E-state index contributed by atoms with van der Waals surface area (Å²) in [6.45, 7) is 4.29. The summed E-state index contributed by atoms with van der Waals surface area (Å²) in [4.78, 5) is 0. The van der Waals surface area contributed by atoms with Crippen LogP contribution in [0.4, 0.5) is 0 Å². The maximum atomic E-state index is 5.51. The van der Waals surface area contributed by atoms with Gasteiger partial charge in [-0.25, -0.2) is 0 Å². The first-order chi connectivity index (χ1) is 7.80. The van der Waals surface area contributed by atoms with Gasteiger partial charge in [0, 0.05) is 14.2 Å². The van der Waals surface area contributed by atoms with Crippen LogP contribution in [0, 0.1) is 0 Å². The highest BCUT2D eigenvalue weighted by molar-refractivity contribution is 6.28. The van der Waals surface area contributed by atoms with Crippen molar-refractivity contribution in [1.29, 1.82) is 0 Å². The van der Waals surface area contributed by atoms with E-state index in [0.717, 1.165) is 11.1 Å². The van der Waals surface area contributed by atoms with Gasteiger partial charge in [0.2, 0.25) is 0 Å². The van der Waals surface area contributed by atoms with E-state index in [-0.39, 0.29) is 15.7 Å². The van der Waals surface area contributed by atoms with Gasteiger partial charge < -0.3 is 13.9 Å². The van der Waals surface area contributed by atoms with Crippen molar-refractivity contribution in [3.05, 3.63) is 42.0 Å². The maximum absolute atomic E-state index is 5.51. The summed E-state index contributed by atoms with van der Waals surface area (Å²) in [5, 5.41) is 0. The van der Waals surface area contributed by atoms with E-state index in [2.05, 4.69) is 6.58 Å². The Morgan fingerprint density at radius 2 is 2.12 bits per heavy atom. The van der Waals surface area contributed by atoms with Crippen LogP contribution in [0.1, 0.15) is 11.1 Å². The molecule has 2 radical (unpaired) electrons. The van der Waals surface area contributed by atoms with E-state index in [1.807, 2.05) is 30.3 Å². The summed E-state index contributed by atoms with van der Waals surface area (Å²) >= 11 is 0. The van der Waals surface area contributed by atoms with Crippen molar-refractivity contribution in [2.24, 2.45) is 0 Å².